The normalized spacial score (nSPS) is 14.7. The van der Waals surface area contributed by atoms with Crippen molar-refractivity contribution >= 4 is 11.9 Å². The van der Waals surface area contributed by atoms with E-state index in [1.807, 2.05) is 12.1 Å². The molecule has 1 aromatic carbocycles. The Morgan fingerprint density at radius 2 is 2.10 bits per heavy atom. The molecule has 0 saturated heterocycles. The van der Waals surface area contributed by atoms with Crippen LogP contribution in [0.25, 0.3) is 0 Å². The molecule has 0 heterocycles. The molecule has 0 radical (unpaired) electrons. The SMILES string of the molecule is COCC(NC(=O)Cc1ccc2c(c1)CCC2)C(=O)O. The predicted molar refractivity (Wildman–Crippen MR) is 73.6 cm³/mol. The summed E-state index contributed by atoms with van der Waals surface area (Å²) in [6.07, 6.45) is 3.53. The number of benzene rings is 1. The average Bonchev–Trinajstić information content (AvgIpc) is 2.85. The first-order chi connectivity index (χ1) is 9.60. The Kier molecular flexibility index (Phi) is 4.74. The van der Waals surface area contributed by atoms with Crippen LogP contribution in [0, 0.1) is 0 Å². The minimum atomic E-state index is -1.09. The van der Waals surface area contributed by atoms with E-state index in [1.165, 1.54) is 24.7 Å². The van der Waals surface area contributed by atoms with Gasteiger partial charge in [-0.3, -0.25) is 4.79 Å². The van der Waals surface area contributed by atoms with Gasteiger partial charge in [0.05, 0.1) is 13.0 Å². The lowest BCUT2D eigenvalue weighted by atomic mass is 10.0. The Bertz CT molecular complexity index is 513. The average molecular weight is 277 g/mol. The zero-order valence-corrected chi connectivity index (χ0v) is 11.5. The molecule has 2 rings (SSSR count). The molecule has 1 amide bonds. The van der Waals surface area contributed by atoms with E-state index >= 15 is 0 Å². The van der Waals surface area contributed by atoms with Crippen LogP contribution in [0.5, 0.6) is 0 Å². The van der Waals surface area contributed by atoms with Crippen molar-refractivity contribution in [3.05, 3.63) is 34.9 Å². The molecule has 1 aromatic rings. The molecule has 20 heavy (non-hydrogen) atoms. The maximum Gasteiger partial charge on any atom is 0.328 e. The third kappa shape index (κ3) is 3.57. The van der Waals surface area contributed by atoms with Gasteiger partial charge in [-0.1, -0.05) is 18.2 Å². The number of aryl methyl sites for hydroxylation is 2. The van der Waals surface area contributed by atoms with Crippen molar-refractivity contribution in [1.82, 2.24) is 5.32 Å². The molecule has 1 aliphatic rings. The highest BCUT2D eigenvalue weighted by Gasteiger charge is 2.20. The molecule has 0 spiro atoms. The van der Waals surface area contributed by atoms with E-state index in [0.29, 0.717) is 0 Å². The zero-order chi connectivity index (χ0) is 14.5. The van der Waals surface area contributed by atoms with Gasteiger partial charge in [0.15, 0.2) is 6.04 Å². The summed E-state index contributed by atoms with van der Waals surface area (Å²) in [5.41, 5.74) is 3.59. The van der Waals surface area contributed by atoms with Crippen molar-refractivity contribution in [2.45, 2.75) is 31.7 Å². The largest absolute Gasteiger partial charge is 0.480 e. The van der Waals surface area contributed by atoms with Gasteiger partial charge in [-0.2, -0.15) is 0 Å². The second-order valence-corrected chi connectivity index (χ2v) is 5.05. The number of nitrogens with one attached hydrogen (secondary N) is 1. The van der Waals surface area contributed by atoms with E-state index in [4.69, 9.17) is 9.84 Å². The van der Waals surface area contributed by atoms with E-state index in [-0.39, 0.29) is 18.9 Å². The van der Waals surface area contributed by atoms with Crippen molar-refractivity contribution in [3.63, 3.8) is 0 Å². The lowest BCUT2D eigenvalue weighted by Gasteiger charge is -2.13. The Labute approximate surface area is 117 Å². The first-order valence-corrected chi connectivity index (χ1v) is 6.72. The third-order valence-electron chi connectivity index (χ3n) is 3.49. The Balaban J connectivity index is 1.95. The number of hydrogen-bond donors (Lipinski definition) is 2. The molecule has 5 heteroatoms. The van der Waals surface area contributed by atoms with Gasteiger partial charge in [-0.25, -0.2) is 4.79 Å². The smallest absolute Gasteiger partial charge is 0.328 e. The van der Waals surface area contributed by atoms with Crippen LogP contribution in [0.2, 0.25) is 0 Å². The van der Waals surface area contributed by atoms with Crippen LogP contribution in [0.15, 0.2) is 18.2 Å². The highest BCUT2D eigenvalue weighted by atomic mass is 16.5. The summed E-state index contributed by atoms with van der Waals surface area (Å²) in [5.74, 6) is -1.39. The summed E-state index contributed by atoms with van der Waals surface area (Å²) in [6, 6.07) is 5.06. The van der Waals surface area contributed by atoms with E-state index < -0.39 is 12.0 Å². The molecular weight excluding hydrogens is 258 g/mol. The number of carboxylic acids is 1. The number of methoxy groups -OCH3 is 1. The van der Waals surface area contributed by atoms with Crippen LogP contribution >= 0.6 is 0 Å². The molecule has 5 nitrogen and oxygen atoms in total. The highest BCUT2D eigenvalue weighted by Crippen LogP contribution is 2.22. The monoisotopic (exact) mass is 277 g/mol. The van der Waals surface area contributed by atoms with Crippen LogP contribution < -0.4 is 5.32 Å². The number of fused-ring (bicyclic) bond motifs is 1. The van der Waals surface area contributed by atoms with Crippen LogP contribution in [-0.2, 0) is 33.6 Å². The fraction of sp³-hybridized carbons (Fsp3) is 0.467. The summed E-state index contributed by atoms with van der Waals surface area (Å²) < 4.78 is 4.78. The number of aliphatic carboxylic acids is 1. The predicted octanol–water partition coefficient (Wildman–Crippen LogP) is 0.934. The van der Waals surface area contributed by atoms with Gasteiger partial charge < -0.3 is 15.2 Å². The van der Waals surface area contributed by atoms with Crippen molar-refractivity contribution in [2.24, 2.45) is 0 Å². The molecule has 0 aromatic heterocycles. The number of amides is 1. The van der Waals surface area contributed by atoms with Crippen molar-refractivity contribution in [3.8, 4) is 0 Å². The lowest BCUT2D eigenvalue weighted by Crippen LogP contribution is -2.44. The minimum Gasteiger partial charge on any atom is -0.480 e. The zero-order valence-electron chi connectivity index (χ0n) is 11.5. The number of hydrogen-bond acceptors (Lipinski definition) is 3. The Morgan fingerprint density at radius 3 is 2.80 bits per heavy atom. The quantitative estimate of drug-likeness (QED) is 0.811. The van der Waals surface area contributed by atoms with Crippen molar-refractivity contribution < 1.29 is 19.4 Å². The summed E-state index contributed by atoms with van der Waals surface area (Å²) >= 11 is 0. The molecule has 1 unspecified atom stereocenters. The summed E-state index contributed by atoms with van der Waals surface area (Å²) in [7, 11) is 1.41. The van der Waals surface area contributed by atoms with E-state index in [9.17, 15) is 9.59 Å². The maximum atomic E-state index is 11.9. The molecule has 1 atom stereocenters. The number of carbonyl (C=O) groups excluding carboxylic acids is 1. The molecule has 0 saturated carbocycles. The van der Waals surface area contributed by atoms with E-state index in [0.717, 1.165) is 18.4 Å². The Morgan fingerprint density at radius 1 is 1.35 bits per heavy atom. The van der Waals surface area contributed by atoms with E-state index in [1.54, 1.807) is 0 Å². The van der Waals surface area contributed by atoms with Gasteiger partial charge in [-0.05, 0) is 36.0 Å². The van der Waals surface area contributed by atoms with Gasteiger partial charge in [0.1, 0.15) is 0 Å². The lowest BCUT2D eigenvalue weighted by molar-refractivity contribution is -0.143. The fourth-order valence-corrected chi connectivity index (χ4v) is 2.51. The Hall–Kier alpha value is -1.88. The van der Waals surface area contributed by atoms with Crippen LogP contribution in [0.4, 0.5) is 0 Å². The van der Waals surface area contributed by atoms with Crippen LogP contribution in [0.1, 0.15) is 23.1 Å². The molecular formula is C15H19NO4. The summed E-state index contributed by atoms with van der Waals surface area (Å²) in [5, 5.41) is 11.4. The first kappa shape index (κ1) is 14.5. The van der Waals surface area contributed by atoms with E-state index in [2.05, 4.69) is 11.4 Å². The van der Waals surface area contributed by atoms with Gasteiger partial charge in [0.2, 0.25) is 5.91 Å². The molecule has 0 fully saturated rings. The molecule has 1 aliphatic carbocycles. The summed E-state index contributed by atoms with van der Waals surface area (Å²) in [6.45, 7) is -0.0364. The highest BCUT2D eigenvalue weighted by molar-refractivity contribution is 5.85. The molecule has 0 bridgehead atoms. The van der Waals surface area contributed by atoms with Gasteiger partial charge in [-0.15, -0.1) is 0 Å². The fourth-order valence-electron chi connectivity index (χ4n) is 2.51. The minimum absolute atomic E-state index is 0.0364. The number of carbonyl (C=O) groups is 2. The second kappa shape index (κ2) is 6.52. The number of carboxylic acid groups (broad SMARTS) is 1. The van der Waals surface area contributed by atoms with Gasteiger partial charge in [0, 0.05) is 7.11 Å². The topological polar surface area (TPSA) is 75.6 Å². The van der Waals surface area contributed by atoms with Crippen LogP contribution in [-0.4, -0.2) is 36.7 Å². The molecule has 108 valence electrons. The van der Waals surface area contributed by atoms with Crippen LogP contribution in [0.3, 0.4) is 0 Å². The van der Waals surface area contributed by atoms with Gasteiger partial charge >= 0.3 is 5.97 Å². The number of ether oxygens (including phenoxy) is 1. The molecule has 0 aliphatic heterocycles. The summed E-state index contributed by atoms with van der Waals surface area (Å²) in [4.78, 5) is 22.8. The molecule has 2 N–H and O–H groups in total. The maximum absolute atomic E-state index is 11.9. The second-order valence-electron chi connectivity index (χ2n) is 5.05. The van der Waals surface area contributed by atoms with Gasteiger partial charge in [0.25, 0.3) is 0 Å². The standard InChI is InChI=1S/C15H19NO4/c1-20-9-13(15(18)19)16-14(17)8-10-5-6-11-3-2-4-12(11)7-10/h5-7,13H,2-4,8-9H2,1H3,(H,16,17)(H,18,19). The van der Waals surface area contributed by atoms with Crippen molar-refractivity contribution in [1.29, 1.82) is 0 Å². The number of rotatable bonds is 6. The van der Waals surface area contributed by atoms with Crippen molar-refractivity contribution in [2.75, 3.05) is 13.7 Å². The first-order valence-electron chi connectivity index (χ1n) is 6.72. The third-order valence-corrected chi connectivity index (χ3v) is 3.49.